The Morgan fingerprint density at radius 3 is 2.40 bits per heavy atom. The zero-order valence-electron chi connectivity index (χ0n) is 19.9. The van der Waals surface area contributed by atoms with Gasteiger partial charge in [-0.1, -0.05) is 0 Å². The van der Waals surface area contributed by atoms with Crippen LogP contribution in [0.3, 0.4) is 0 Å². The molecule has 2 aromatic carbocycles. The molecule has 0 atom stereocenters. The maximum absolute atomic E-state index is 15.9. The number of methoxy groups -OCH3 is 2. The van der Waals surface area contributed by atoms with Crippen molar-refractivity contribution in [2.45, 2.75) is 6.92 Å². The molecule has 0 spiro atoms. The summed E-state index contributed by atoms with van der Waals surface area (Å²) in [5.74, 6) is -0.0713. The lowest BCUT2D eigenvalue weighted by molar-refractivity contribution is -0.114. The molecular weight excluding hydrogens is 453 g/mol. The molecule has 0 unspecified atom stereocenters. The van der Waals surface area contributed by atoms with Gasteiger partial charge in [0.05, 0.1) is 42.1 Å². The number of hydrogen-bond acceptors (Lipinski definition) is 8. The van der Waals surface area contributed by atoms with Crippen LogP contribution in [-0.2, 0) is 4.79 Å². The molecule has 4 rings (SSSR count). The molecule has 2 aromatic heterocycles. The van der Waals surface area contributed by atoms with E-state index in [-0.39, 0.29) is 28.8 Å². The van der Waals surface area contributed by atoms with Gasteiger partial charge >= 0.3 is 0 Å². The Bertz CT molecular complexity index is 1410. The van der Waals surface area contributed by atoms with Crippen LogP contribution in [0.25, 0.3) is 22.2 Å². The van der Waals surface area contributed by atoms with Crippen LogP contribution in [0.15, 0.2) is 48.9 Å². The monoisotopic (exact) mass is 477 g/mol. The van der Waals surface area contributed by atoms with Crippen LogP contribution in [0, 0.1) is 5.82 Å². The Kier molecular flexibility index (Phi) is 6.63. The number of rotatable bonds is 7. The number of pyridine rings is 1. The molecule has 0 aliphatic carbocycles. The molecule has 2 heterocycles. The van der Waals surface area contributed by atoms with Crippen LogP contribution >= 0.6 is 0 Å². The van der Waals surface area contributed by atoms with Gasteiger partial charge in [-0.25, -0.2) is 14.4 Å². The zero-order valence-corrected chi connectivity index (χ0v) is 19.9. The average molecular weight is 477 g/mol. The molecule has 0 aliphatic heterocycles. The van der Waals surface area contributed by atoms with E-state index in [0.29, 0.717) is 28.1 Å². The number of carbonyl (C=O) groups is 1. The summed E-state index contributed by atoms with van der Waals surface area (Å²) in [4.78, 5) is 26.4. The number of nitrogens with zero attached hydrogens (tertiary/aromatic N) is 4. The number of aromatic nitrogens is 3. The second-order valence-electron chi connectivity index (χ2n) is 7.78. The van der Waals surface area contributed by atoms with Gasteiger partial charge < -0.3 is 24.4 Å². The summed E-state index contributed by atoms with van der Waals surface area (Å²) in [5.41, 5.74) is 2.05. The molecule has 9 nitrogen and oxygen atoms in total. The lowest BCUT2D eigenvalue weighted by Gasteiger charge is -2.17. The summed E-state index contributed by atoms with van der Waals surface area (Å²) in [7, 11) is 6.77. The van der Waals surface area contributed by atoms with Gasteiger partial charge in [-0.05, 0) is 30.3 Å². The summed E-state index contributed by atoms with van der Waals surface area (Å²) in [5, 5.41) is 3.17. The number of ether oxygens (including phenoxy) is 3. The first-order valence-electron chi connectivity index (χ1n) is 10.6. The molecule has 180 valence electrons. The van der Waals surface area contributed by atoms with E-state index < -0.39 is 5.82 Å². The minimum absolute atomic E-state index is 0.0963. The highest BCUT2D eigenvalue weighted by atomic mass is 19.1. The van der Waals surface area contributed by atoms with E-state index >= 15 is 4.39 Å². The number of hydrogen-bond donors (Lipinski definition) is 1. The number of amides is 1. The molecule has 1 N–H and O–H groups in total. The molecule has 1 amide bonds. The molecule has 4 aromatic rings. The highest BCUT2D eigenvalue weighted by Crippen LogP contribution is 2.40. The van der Waals surface area contributed by atoms with Crippen molar-refractivity contribution in [1.29, 1.82) is 0 Å². The molecular formula is C25H24FN5O4. The van der Waals surface area contributed by atoms with Crippen LogP contribution < -0.4 is 24.4 Å². The van der Waals surface area contributed by atoms with E-state index in [1.165, 1.54) is 33.5 Å². The van der Waals surface area contributed by atoms with Crippen molar-refractivity contribution < 1.29 is 23.4 Å². The van der Waals surface area contributed by atoms with Gasteiger partial charge in [-0.3, -0.25) is 9.78 Å². The Labute approximate surface area is 201 Å². The Balaban J connectivity index is 1.85. The van der Waals surface area contributed by atoms with Crippen molar-refractivity contribution in [2.75, 3.05) is 38.5 Å². The van der Waals surface area contributed by atoms with Crippen LogP contribution in [-0.4, -0.2) is 49.2 Å². The van der Waals surface area contributed by atoms with Crippen LogP contribution in [0.5, 0.6) is 23.1 Å². The van der Waals surface area contributed by atoms with E-state index in [2.05, 4.69) is 20.3 Å². The predicted molar refractivity (Wildman–Crippen MR) is 131 cm³/mol. The third-order valence-electron chi connectivity index (χ3n) is 5.24. The van der Waals surface area contributed by atoms with Gasteiger partial charge in [0.1, 0.15) is 6.33 Å². The van der Waals surface area contributed by atoms with Gasteiger partial charge in [0.25, 0.3) is 0 Å². The molecule has 0 saturated heterocycles. The van der Waals surface area contributed by atoms with Crippen LogP contribution in [0.2, 0.25) is 0 Å². The highest BCUT2D eigenvalue weighted by Gasteiger charge is 2.21. The predicted octanol–water partition coefficient (Wildman–Crippen LogP) is 4.66. The molecule has 0 bridgehead atoms. The Morgan fingerprint density at radius 1 is 0.971 bits per heavy atom. The van der Waals surface area contributed by atoms with E-state index in [4.69, 9.17) is 14.2 Å². The van der Waals surface area contributed by atoms with E-state index in [9.17, 15) is 4.79 Å². The third-order valence-corrected chi connectivity index (χ3v) is 5.24. The first-order chi connectivity index (χ1) is 16.8. The molecule has 35 heavy (non-hydrogen) atoms. The van der Waals surface area contributed by atoms with Crippen LogP contribution in [0.1, 0.15) is 6.92 Å². The maximum atomic E-state index is 15.9. The minimum atomic E-state index is -0.702. The highest BCUT2D eigenvalue weighted by molar-refractivity contribution is 5.94. The fraction of sp³-hybridized carbons (Fsp3) is 0.200. The summed E-state index contributed by atoms with van der Waals surface area (Å²) >= 11 is 0. The Hall–Kier alpha value is -4.47. The van der Waals surface area contributed by atoms with Crippen molar-refractivity contribution in [2.24, 2.45) is 0 Å². The van der Waals surface area contributed by atoms with Gasteiger partial charge in [0.15, 0.2) is 23.1 Å². The van der Waals surface area contributed by atoms with Gasteiger partial charge in [0.2, 0.25) is 11.8 Å². The smallest absolute Gasteiger partial charge is 0.230 e. The minimum Gasteiger partial charge on any atom is -0.493 e. The van der Waals surface area contributed by atoms with Crippen molar-refractivity contribution in [3.63, 3.8) is 0 Å². The number of halogens is 1. The van der Waals surface area contributed by atoms with Crippen LogP contribution in [0.4, 0.5) is 15.8 Å². The molecule has 0 aliphatic rings. The summed E-state index contributed by atoms with van der Waals surface area (Å²) in [6.45, 7) is 1.35. The van der Waals surface area contributed by atoms with E-state index in [1.807, 2.05) is 19.0 Å². The van der Waals surface area contributed by atoms with Gasteiger partial charge in [-0.15, -0.1) is 0 Å². The molecule has 0 saturated carbocycles. The largest absolute Gasteiger partial charge is 0.493 e. The first-order valence-corrected chi connectivity index (χ1v) is 10.6. The van der Waals surface area contributed by atoms with Crippen molar-refractivity contribution in [1.82, 2.24) is 15.0 Å². The van der Waals surface area contributed by atoms with E-state index in [1.54, 1.807) is 36.5 Å². The van der Waals surface area contributed by atoms with Gasteiger partial charge in [0, 0.05) is 39.0 Å². The van der Waals surface area contributed by atoms with E-state index in [0.717, 1.165) is 5.69 Å². The number of nitrogens with one attached hydrogen (secondary N) is 1. The summed E-state index contributed by atoms with van der Waals surface area (Å²) in [6.07, 6.45) is 2.89. The topological polar surface area (TPSA) is 98.7 Å². The fourth-order valence-corrected chi connectivity index (χ4v) is 3.56. The lowest BCUT2D eigenvalue weighted by atomic mass is 10.1. The third kappa shape index (κ3) is 4.77. The SMILES string of the molecule is COc1cc2ncnc(Oc3ccc(NC(C)=O)c(-c4cc(N(C)C)ccn4)c3F)c2cc1OC. The molecule has 10 heteroatoms. The summed E-state index contributed by atoms with van der Waals surface area (Å²) in [6, 6.07) is 9.86. The second kappa shape index (κ2) is 9.80. The first kappa shape index (κ1) is 23.7. The number of benzene rings is 2. The lowest BCUT2D eigenvalue weighted by Crippen LogP contribution is -2.10. The standard InChI is InChI=1S/C25H24FN5O4/c1-14(32)30-17-6-7-20(24(26)23(17)19-10-15(31(2)3)8-9-27-19)35-25-16-11-21(33-4)22(34-5)12-18(16)28-13-29-25/h6-13H,1-5H3,(H,30,32). The van der Waals surface area contributed by atoms with Crippen molar-refractivity contribution in [3.8, 4) is 34.4 Å². The average Bonchev–Trinajstić information content (AvgIpc) is 2.84. The molecule has 0 radical (unpaired) electrons. The number of fused-ring (bicyclic) bond motifs is 1. The van der Waals surface area contributed by atoms with Gasteiger partial charge in [-0.2, -0.15) is 0 Å². The van der Waals surface area contributed by atoms with Crippen molar-refractivity contribution >= 4 is 28.2 Å². The molecule has 0 fully saturated rings. The summed E-state index contributed by atoms with van der Waals surface area (Å²) < 4.78 is 32.6. The number of carbonyl (C=O) groups excluding carboxylic acids is 1. The Morgan fingerprint density at radius 2 is 1.71 bits per heavy atom. The second-order valence-corrected chi connectivity index (χ2v) is 7.78. The number of anilines is 2. The zero-order chi connectivity index (χ0) is 25.1. The maximum Gasteiger partial charge on any atom is 0.230 e. The quantitative estimate of drug-likeness (QED) is 0.410. The fourth-order valence-electron chi connectivity index (χ4n) is 3.56. The van der Waals surface area contributed by atoms with Crippen molar-refractivity contribution in [3.05, 3.63) is 54.7 Å². The normalized spacial score (nSPS) is 10.7.